The zero-order valence-electron chi connectivity index (χ0n) is 8.35. The molecule has 0 atom stereocenters. The molecule has 2 rings (SSSR count). The molecule has 1 nitrogen and oxygen atoms in total. The summed E-state index contributed by atoms with van der Waals surface area (Å²) in [5.41, 5.74) is 1.06. The van der Waals surface area contributed by atoms with Crippen LogP contribution >= 0.6 is 46.4 Å². The van der Waals surface area contributed by atoms with Gasteiger partial charge < -0.3 is 5.11 Å². The van der Waals surface area contributed by atoms with Crippen LogP contribution in [-0.4, -0.2) is 5.11 Å². The van der Waals surface area contributed by atoms with E-state index in [1.165, 1.54) is 6.07 Å². The Balaban J connectivity index is 2.77. The highest BCUT2D eigenvalue weighted by molar-refractivity contribution is 6.47. The minimum atomic E-state index is -0.0312. The molecule has 0 fully saturated rings. The van der Waals surface area contributed by atoms with Gasteiger partial charge in [0.05, 0.1) is 20.1 Å². The molecule has 0 amide bonds. The summed E-state index contributed by atoms with van der Waals surface area (Å²) in [5.74, 6) is -0.0312. The fourth-order valence-electron chi connectivity index (χ4n) is 1.49. The molecule has 2 aromatic rings. The van der Waals surface area contributed by atoms with Crippen molar-refractivity contribution in [2.45, 2.75) is 0 Å². The van der Waals surface area contributed by atoms with Crippen LogP contribution in [0.5, 0.6) is 5.75 Å². The second-order valence-corrected chi connectivity index (χ2v) is 4.93. The Morgan fingerprint density at radius 3 is 2.12 bits per heavy atom. The van der Waals surface area contributed by atoms with Gasteiger partial charge in [-0.05, 0) is 18.2 Å². The molecule has 0 aliphatic rings. The molecule has 0 bridgehead atoms. The molecule has 0 aliphatic carbocycles. The van der Waals surface area contributed by atoms with E-state index in [4.69, 9.17) is 46.4 Å². The smallest absolute Gasteiger partial charge is 0.134 e. The number of rotatable bonds is 1. The molecule has 0 unspecified atom stereocenters. The van der Waals surface area contributed by atoms with Crippen molar-refractivity contribution < 1.29 is 5.11 Å². The average Bonchev–Trinajstić information content (AvgIpc) is 2.30. The van der Waals surface area contributed by atoms with Crippen LogP contribution in [0.25, 0.3) is 11.1 Å². The molecule has 0 aromatic heterocycles. The van der Waals surface area contributed by atoms with E-state index in [-0.39, 0.29) is 10.8 Å². The number of hydrogen-bond donors (Lipinski definition) is 1. The van der Waals surface area contributed by atoms with Crippen LogP contribution in [0.3, 0.4) is 0 Å². The predicted molar refractivity (Wildman–Crippen MR) is 73.6 cm³/mol. The molecule has 1 N–H and O–H groups in total. The van der Waals surface area contributed by atoms with E-state index in [1.54, 1.807) is 24.3 Å². The molecule has 0 spiro atoms. The number of benzene rings is 2. The summed E-state index contributed by atoms with van der Waals surface area (Å²) in [5, 5.41) is 10.9. The van der Waals surface area contributed by atoms with Crippen LogP contribution < -0.4 is 0 Å². The average molecular weight is 308 g/mol. The van der Waals surface area contributed by atoms with Gasteiger partial charge in [0.2, 0.25) is 0 Å². The molecule has 0 heterocycles. The summed E-state index contributed by atoms with van der Waals surface area (Å²) in [7, 11) is 0. The second kappa shape index (κ2) is 4.95. The van der Waals surface area contributed by atoms with Gasteiger partial charge in [-0.25, -0.2) is 0 Å². The maximum absolute atomic E-state index is 9.56. The van der Waals surface area contributed by atoms with E-state index in [0.717, 1.165) is 0 Å². The van der Waals surface area contributed by atoms with Crippen molar-refractivity contribution >= 4 is 46.4 Å². The van der Waals surface area contributed by atoms with Gasteiger partial charge in [0, 0.05) is 11.1 Å². The number of halogens is 4. The van der Waals surface area contributed by atoms with Gasteiger partial charge >= 0.3 is 0 Å². The van der Waals surface area contributed by atoms with Crippen LogP contribution in [-0.2, 0) is 0 Å². The molecule has 17 heavy (non-hydrogen) atoms. The number of aromatic hydroxyl groups is 1. The van der Waals surface area contributed by atoms with Gasteiger partial charge in [-0.1, -0.05) is 58.5 Å². The first kappa shape index (κ1) is 12.8. The lowest BCUT2D eigenvalue weighted by Crippen LogP contribution is -1.85. The third kappa shape index (κ3) is 2.34. The Morgan fingerprint density at radius 2 is 1.41 bits per heavy atom. The number of hydrogen-bond acceptors (Lipinski definition) is 1. The standard InChI is InChI=1S/C12H6Cl4O/c13-7-4-5-8(14)12(16)10(7)6-2-1-3-9(17)11(6)15/h1-5,17H. The minimum Gasteiger partial charge on any atom is -0.506 e. The molecule has 0 saturated heterocycles. The molecule has 88 valence electrons. The molecule has 0 radical (unpaired) electrons. The van der Waals surface area contributed by atoms with Gasteiger partial charge in [0.25, 0.3) is 0 Å². The zero-order valence-corrected chi connectivity index (χ0v) is 11.4. The van der Waals surface area contributed by atoms with Gasteiger partial charge in [-0.2, -0.15) is 0 Å². The maximum atomic E-state index is 9.56. The molecule has 2 aromatic carbocycles. The minimum absolute atomic E-state index is 0.0312. The summed E-state index contributed by atoms with van der Waals surface area (Å²) in [6.45, 7) is 0. The second-order valence-electron chi connectivity index (χ2n) is 3.36. The van der Waals surface area contributed by atoms with Crippen molar-refractivity contribution in [1.82, 2.24) is 0 Å². The quantitative estimate of drug-likeness (QED) is 0.673. The first-order valence-corrected chi connectivity index (χ1v) is 6.15. The zero-order chi connectivity index (χ0) is 12.6. The monoisotopic (exact) mass is 306 g/mol. The van der Waals surface area contributed by atoms with E-state index in [0.29, 0.717) is 26.2 Å². The lowest BCUT2D eigenvalue weighted by molar-refractivity contribution is 0.476. The molecule has 5 heteroatoms. The Kier molecular flexibility index (Phi) is 3.74. The number of phenolic OH excluding ortho intramolecular Hbond substituents is 1. The molecular formula is C12H6Cl4O. The Morgan fingerprint density at radius 1 is 0.765 bits per heavy atom. The molecular weight excluding hydrogens is 302 g/mol. The fourth-order valence-corrected chi connectivity index (χ4v) is 2.44. The Bertz CT molecular complexity index is 581. The van der Waals surface area contributed by atoms with E-state index in [1.807, 2.05) is 0 Å². The Labute approximate surface area is 118 Å². The normalized spacial score (nSPS) is 10.6. The van der Waals surface area contributed by atoms with Gasteiger partial charge in [0.15, 0.2) is 0 Å². The van der Waals surface area contributed by atoms with Crippen LogP contribution in [0.15, 0.2) is 30.3 Å². The van der Waals surface area contributed by atoms with Crippen molar-refractivity contribution in [2.75, 3.05) is 0 Å². The van der Waals surface area contributed by atoms with Crippen molar-refractivity contribution in [2.24, 2.45) is 0 Å². The summed E-state index contributed by atoms with van der Waals surface area (Å²) in [4.78, 5) is 0. The largest absolute Gasteiger partial charge is 0.506 e. The van der Waals surface area contributed by atoms with E-state index < -0.39 is 0 Å². The SMILES string of the molecule is Oc1cccc(-c2c(Cl)ccc(Cl)c2Cl)c1Cl. The van der Waals surface area contributed by atoms with Crippen molar-refractivity contribution in [3.05, 3.63) is 50.4 Å². The van der Waals surface area contributed by atoms with Crippen LogP contribution in [0, 0.1) is 0 Å². The number of phenols is 1. The summed E-state index contributed by atoms with van der Waals surface area (Å²) in [6, 6.07) is 8.09. The van der Waals surface area contributed by atoms with Crippen molar-refractivity contribution in [3.8, 4) is 16.9 Å². The van der Waals surface area contributed by atoms with E-state index >= 15 is 0 Å². The van der Waals surface area contributed by atoms with Crippen LogP contribution in [0.1, 0.15) is 0 Å². The highest BCUT2D eigenvalue weighted by atomic mass is 35.5. The van der Waals surface area contributed by atoms with E-state index in [9.17, 15) is 5.11 Å². The summed E-state index contributed by atoms with van der Waals surface area (Å²) in [6.07, 6.45) is 0. The van der Waals surface area contributed by atoms with Gasteiger partial charge in [-0.15, -0.1) is 0 Å². The van der Waals surface area contributed by atoms with E-state index in [2.05, 4.69) is 0 Å². The first-order valence-electron chi connectivity index (χ1n) is 4.63. The highest BCUT2D eigenvalue weighted by Crippen LogP contribution is 2.43. The van der Waals surface area contributed by atoms with Gasteiger partial charge in [-0.3, -0.25) is 0 Å². The lowest BCUT2D eigenvalue weighted by Gasteiger charge is -2.11. The fraction of sp³-hybridized carbons (Fsp3) is 0. The van der Waals surface area contributed by atoms with Crippen molar-refractivity contribution in [1.29, 1.82) is 0 Å². The van der Waals surface area contributed by atoms with Gasteiger partial charge in [0.1, 0.15) is 5.75 Å². The van der Waals surface area contributed by atoms with Crippen LogP contribution in [0.2, 0.25) is 20.1 Å². The summed E-state index contributed by atoms with van der Waals surface area (Å²) >= 11 is 24.1. The Hall–Kier alpha value is -0.600. The first-order chi connectivity index (χ1) is 8.02. The third-order valence-electron chi connectivity index (χ3n) is 2.29. The highest BCUT2D eigenvalue weighted by Gasteiger charge is 2.15. The molecule has 0 aliphatic heterocycles. The maximum Gasteiger partial charge on any atom is 0.134 e. The topological polar surface area (TPSA) is 20.2 Å². The summed E-state index contributed by atoms with van der Waals surface area (Å²) < 4.78 is 0. The lowest BCUT2D eigenvalue weighted by atomic mass is 10.1. The van der Waals surface area contributed by atoms with Crippen molar-refractivity contribution in [3.63, 3.8) is 0 Å². The van der Waals surface area contributed by atoms with Crippen LogP contribution in [0.4, 0.5) is 0 Å². The predicted octanol–water partition coefficient (Wildman–Crippen LogP) is 5.67. The molecule has 0 saturated carbocycles. The third-order valence-corrected chi connectivity index (χ3v) is 3.81.